The number of benzene rings is 3. The molecule has 0 unspecified atom stereocenters. The summed E-state index contributed by atoms with van der Waals surface area (Å²) in [4.78, 5) is 38.6. The molecule has 3 aromatic carbocycles. The number of rotatable bonds is 8. The highest BCUT2D eigenvalue weighted by Crippen LogP contribution is 2.28. The Labute approximate surface area is 238 Å². The molecule has 0 radical (unpaired) electrons. The molecule has 0 spiro atoms. The summed E-state index contributed by atoms with van der Waals surface area (Å²) in [5.41, 5.74) is 4.24. The molecular weight excluding hydrogens is 567 g/mol. The van der Waals surface area contributed by atoms with Crippen molar-refractivity contribution in [2.75, 3.05) is 31.5 Å². The number of carbonyl (C=O) groups is 3. The van der Waals surface area contributed by atoms with Crippen LogP contribution >= 0.6 is 34.8 Å². The molecule has 0 saturated carbocycles. The van der Waals surface area contributed by atoms with Crippen molar-refractivity contribution in [1.29, 1.82) is 0 Å². The molecule has 12 heteroatoms. The average molecular weight is 590 g/mol. The molecule has 0 fully saturated rings. The summed E-state index contributed by atoms with van der Waals surface area (Å²) in [7, 11) is 3.08. The molecule has 1 heterocycles. The fraction of sp³-hybridized carbons (Fsp3) is 0.148. The minimum absolute atomic E-state index is 0.0508. The highest BCUT2D eigenvalue weighted by atomic mass is 35.5. The number of anilines is 1. The Morgan fingerprint density at radius 1 is 0.795 bits per heavy atom. The number of aromatic nitrogens is 1. The smallest absolute Gasteiger partial charge is 0.328 e. The second kappa shape index (κ2) is 12.3. The molecule has 9 nitrogen and oxygen atoms in total. The first kappa shape index (κ1) is 28.1. The second-order valence-electron chi connectivity index (χ2n) is 8.32. The van der Waals surface area contributed by atoms with Gasteiger partial charge in [-0.3, -0.25) is 19.8 Å². The van der Waals surface area contributed by atoms with Gasteiger partial charge in [-0.1, -0.05) is 40.9 Å². The van der Waals surface area contributed by atoms with Gasteiger partial charge < -0.3 is 20.1 Å². The number of fused-ring (bicyclic) bond motifs is 1. The van der Waals surface area contributed by atoms with Gasteiger partial charge in [-0.25, -0.2) is 4.68 Å². The third-order valence-corrected chi connectivity index (χ3v) is 6.35. The van der Waals surface area contributed by atoms with E-state index in [1.54, 1.807) is 37.4 Å². The van der Waals surface area contributed by atoms with Crippen LogP contribution in [0.5, 0.6) is 11.5 Å². The van der Waals surface area contributed by atoms with Crippen LogP contribution in [0.3, 0.4) is 0 Å². The predicted molar refractivity (Wildman–Crippen MR) is 152 cm³/mol. The number of nitrogens with zero attached hydrogens (tertiary/aromatic N) is 1. The van der Waals surface area contributed by atoms with Crippen LogP contribution in [0.25, 0.3) is 10.9 Å². The SMILES string of the molecule is COc1ccc(CCNC(=O)C(=O)Nn2c(C(=O)Nc3cc(Cl)cc(Cl)c3)cc3cc(Cl)ccc32)cc1OC. The van der Waals surface area contributed by atoms with Gasteiger partial charge in [0.1, 0.15) is 5.69 Å². The molecule has 4 rings (SSSR count). The molecule has 3 amide bonds. The zero-order valence-electron chi connectivity index (χ0n) is 20.8. The number of hydrogen-bond donors (Lipinski definition) is 3. The van der Waals surface area contributed by atoms with Crippen molar-refractivity contribution in [1.82, 2.24) is 9.99 Å². The summed E-state index contributed by atoms with van der Waals surface area (Å²) in [5.74, 6) is -1.27. The Morgan fingerprint density at radius 2 is 1.51 bits per heavy atom. The maximum absolute atomic E-state index is 13.2. The number of halogens is 3. The van der Waals surface area contributed by atoms with Crippen LogP contribution < -0.4 is 25.5 Å². The lowest BCUT2D eigenvalue weighted by molar-refractivity contribution is -0.136. The van der Waals surface area contributed by atoms with Crippen molar-refractivity contribution in [2.45, 2.75) is 6.42 Å². The molecule has 0 saturated heterocycles. The molecule has 0 atom stereocenters. The number of ether oxygens (including phenoxy) is 2. The molecule has 202 valence electrons. The third kappa shape index (κ3) is 6.75. The van der Waals surface area contributed by atoms with Crippen molar-refractivity contribution >= 4 is 69.1 Å². The van der Waals surface area contributed by atoms with E-state index in [9.17, 15) is 14.4 Å². The number of carbonyl (C=O) groups excluding carboxylic acids is 3. The summed E-state index contributed by atoms with van der Waals surface area (Å²) >= 11 is 18.2. The van der Waals surface area contributed by atoms with Crippen LogP contribution in [0.1, 0.15) is 16.1 Å². The molecule has 0 aliphatic heterocycles. The van der Waals surface area contributed by atoms with Gasteiger partial charge in [0.15, 0.2) is 11.5 Å². The lowest BCUT2D eigenvalue weighted by Crippen LogP contribution is -2.40. The maximum Gasteiger partial charge on any atom is 0.328 e. The number of methoxy groups -OCH3 is 2. The molecular formula is C27H23Cl3N4O5. The van der Waals surface area contributed by atoms with Gasteiger partial charge in [0.05, 0.1) is 19.7 Å². The van der Waals surface area contributed by atoms with E-state index >= 15 is 0 Å². The molecule has 0 bridgehead atoms. The molecule has 0 aliphatic carbocycles. The van der Waals surface area contributed by atoms with E-state index in [0.717, 1.165) is 5.56 Å². The highest BCUT2D eigenvalue weighted by Gasteiger charge is 2.21. The lowest BCUT2D eigenvalue weighted by atomic mass is 10.1. The number of nitrogens with one attached hydrogen (secondary N) is 3. The quantitative estimate of drug-likeness (QED) is 0.242. The average Bonchev–Trinajstić information content (AvgIpc) is 3.25. The van der Waals surface area contributed by atoms with Gasteiger partial charge in [0.2, 0.25) is 0 Å². The van der Waals surface area contributed by atoms with E-state index in [0.29, 0.717) is 49.6 Å². The summed E-state index contributed by atoms with van der Waals surface area (Å²) in [6, 6.07) is 16.4. The van der Waals surface area contributed by atoms with Crippen molar-refractivity contribution in [3.05, 3.63) is 87.0 Å². The van der Waals surface area contributed by atoms with Crippen LogP contribution in [0.2, 0.25) is 15.1 Å². The van der Waals surface area contributed by atoms with E-state index in [-0.39, 0.29) is 12.2 Å². The Kier molecular flexibility index (Phi) is 8.86. The molecule has 3 N–H and O–H groups in total. The van der Waals surface area contributed by atoms with Crippen molar-refractivity contribution in [3.8, 4) is 11.5 Å². The van der Waals surface area contributed by atoms with Gasteiger partial charge in [-0.15, -0.1) is 0 Å². The van der Waals surface area contributed by atoms with E-state index in [4.69, 9.17) is 44.3 Å². The molecule has 39 heavy (non-hydrogen) atoms. The van der Waals surface area contributed by atoms with Crippen LogP contribution in [-0.2, 0) is 16.0 Å². The monoisotopic (exact) mass is 588 g/mol. The van der Waals surface area contributed by atoms with Gasteiger partial charge in [-0.2, -0.15) is 0 Å². The fourth-order valence-corrected chi connectivity index (χ4v) is 4.59. The maximum atomic E-state index is 13.2. The summed E-state index contributed by atoms with van der Waals surface area (Å²) in [5, 5.41) is 6.96. The predicted octanol–water partition coefficient (Wildman–Crippen LogP) is 5.30. The Balaban J connectivity index is 1.49. The number of amides is 3. The van der Waals surface area contributed by atoms with Crippen molar-refractivity contribution in [3.63, 3.8) is 0 Å². The van der Waals surface area contributed by atoms with Gasteiger partial charge in [0, 0.05) is 32.7 Å². The number of hydrogen-bond acceptors (Lipinski definition) is 5. The minimum Gasteiger partial charge on any atom is -0.493 e. The molecule has 0 aliphatic rings. The first-order valence-electron chi connectivity index (χ1n) is 11.6. The molecule has 1 aromatic heterocycles. The normalized spacial score (nSPS) is 10.7. The second-order valence-corrected chi connectivity index (χ2v) is 9.63. The summed E-state index contributed by atoms with van der Waals surface area (Å²) in [6.07, 6.45) is 0.445. The van der Waals surface area contributed by atoms with Gasteiger partial charge >= 0.3 is 11.8 Å². The van der Waals surface area contributed by atoms with Crippen LogP contribution in [0.15, 0.2) is 60.7 Å². The van der Waals surface area contributed by atoms with Crippen molar-refractivity contribution in [2.24, 2.45) is 0 Å². The van der Waals surface area contributed by atoms with Crippen molar-refractivity contribution < 1.29 is 23.9 Å². The van der Waals surface area contributed by atoms with Crippen LogP contribution in [-0.4, -0.2) is 43.2 Å². The summed E-state index contributed by atoms with van der Waals surface area (Å²) < 4.78 is 11.7. The Bertz CT molecular complexity index is 1550. The topological polar surface area (TPSA) is 111 Å². The first-order chi connectivity index (χ1) is 18.7. The Hall–Kier alpha value is -3.92. The minimum atomic E-state index is -0.963. The fourth-order valence-electron chi connectivity index (χ4n) is 3.88. The van der Waals surface area contributed by atoms with Crippen LogP contribution in [0.4, 0.5) is 5.69 Å². The third-order valence-electron chi connectivity index (χ3n) is 5.68. The lowest BCUT2D eigenvalue weighted by Gasteiger charge is -2.13. The largest absolute Gasteiger partial charge is 0.493 e. The standard InChI is InChI=1S/C27H23Cl3N4O5/c1-38-23-6-3-15(9-24(23)39-2)7-8-31-26(36)27(37)33-34-21-5-4-17(28)10-16(21)11-22(34)25(35)32-20-13-18(29)12-19(30)14-20/h3-6,9-14H,7-8H2,1-2H3,(H,31,36)(H,32,35)(H,33,37). The van der Waals surface area contributed by atoms with Crippen LogP contribution in [0, 0.1) is 0 Å². The highest BCUT2D eigenvalue weighted by molar-refractivity contribution is 6.38. The van der Waals surface area contributed by atoms with E-state index in [1.807, 2.05) is 6.07 Å². The van der Waals surface area contributed by atoms with E-state index in [1.165, 1.54) is 36.1 Å². The zero-order valence-corrected chi connectivity index (χ0v) is 23.1. The Morgan fingerprint density at radius 3 is 2.21 bits per heavy atom. The zero-order chi connectivity index (χ0) is 28.1. The van der Waals surface area contributed by atoms with E-state index < -0.39 is 17.7 Å². The van der Waals surface area contributed by atoms with Gasteiger partial charge in [0.25, 0.3) is 5.91 Å². The first-order valence-corrected chi connectivity index (χ1v) is 12.7. The summed E-state index contributed by atoms with van der Waals surface area (Å²) in [6.45, 7) is 0.187. The van der Waals surface area contributed by atoms with E-state index in [2.05, 4.69) is 16.1 Å². The molecule has 4 aromatic rings. The van der Waals surface area contributed by atoms with Gasteiger partial charge in [-0.05, 0) is 66.6 Å².